The topological polar surface area (TPSA) is 36.3 Å². The van der Waals surface area contributed by atoms with E-state index in [2.05, 4.69) is 50.6 Å². The molecule has 1 saturated heterocycles. The Bertz CT molecular complexity index is 478. The first-order valence-electron chi connectivity index (χ1n) is 7.74. The molecular formula is C15H25BN2O2. The molecule has 1 aromatic rings. The molecule has 1 aliphatic heterocycles. The second-order valence-electron chi connectivity index (χ2n) is 7.15. The number of aromatic nitrogens is 2. The highest BCUT2D eigenvalue weighted by Gasteiger charge is 2.52. The molecule has 1 atom stereocenters. The second-order valence-corrected chi connectivity index (χ2v) is 7.15. The van der Waals surface area contributed by atoms with Crippen molar-refractivity contribution in [2.24, 2.45) is 5.92 Å². The molecule has 5 heteroatoms. The molecule has 1 aromatic heterocycles. The van der Waals surface area contributed by atoms with Crippen LogP contribution in [0.4, 0.5) is 0 Å². The maximum absolute atomic E-state index is 6.08. The molecule has 3 rings (SSSR count). The van der Waals surface area contributed by atoms with E-state index in [4.69, 9.17) is 9.31 Å². The van der Waals surface area contributed by atoms with Crippen molar-refractivity contribution in [3.05, 3.63) is 12.4 Å². The fraction of sp³-hybridized carbons (Fsp3) is 0.800. The third-order valence-electron chi connectivity index (χ3n) is 5.07. The summed E-state index contributed by atoms with van der Waals surface area (Å²) in [6.07, 6.45) is 7.81. The molecule has 4 nitrogen and oxygen atoms in total. The Morgan fingerprint density at radius 1 is 1.30 bits per heavy atom. The average molecular weight is 276 g/mol. The molecule has 0 aromatic carbocycles. The lowest BCUT2D eigenvalue weighted by Crippen LogP contribution is -2.41. The number of hydrogen-bond acceptors (Lipinski definition) is 3. The van der Waals surface area contributed by atoms with Crippen molar-refractivity contribution in [1.29, 1.82) is 0 Å². The Labute approximate surface area is 122 Å². The second kappa shape index (κ2) is 4.60. The van der Waals surface area contributed by atoms with Crippen molar-refractivity contribution >= 4 is 12.6 Å². The zero-order valence-corrected chi connectivity index (χ0v) is 13.2. The molecule has 1 unspecified atom stereocenters. The van der Waals surface area contributed by atoms with Gasteiger partial charge in [0.1, 0.15) is 0 Å². The van der Waals surface area contributed by atoms with Crippen molar-refractivity contribution in [1.82, 2.24) is 9.78 Å². The summed E-state index contributed by atoms with van der Waals surface area (Å²) in [6.45, 7) is 10.6. The summed E-state index contributed by atoms with van der Waals surface area (Å²) < 4.78 is 14.3. The van der Waals surface area contributed by atoms with Crippen LogP contribution >= 0.6 is 0 Å². The Hall–Kier alpha value is -0.805. The summed E-state index contributed by atoms with van der Waals surface area (Å²) >= 11 is 0. The van der Waals surface area contributed by atoms with E-state index in [1.807, 2.05) is 6.20 Å². The van der Waals surface area contributed by atoms with Crippen LogP contribution in [0.5, 0.6) is 0 Å². The normalized spacial score (nSPS) is 25.9. The van der Waals surface area contributed by atoms with Crippen LogP contribution in [-0.4, -0.2) is 28.1 Å². The van der Waals surface area contributed by atoms with Gasteiger partial charge in [-0.1, -0.05) is 6.92 Å². The third kappa shape index (κ3) is 2.31. The molecule has 1 saturated carbocycles. The molecule has 0 bridgehead atoms. The molecule has 1 aliphatic carbocycles. The van der Waals surface area contributed by atoms with Gasteiger partial charge in [0.25, 0.3) is 0 Å². The van der Waals surface area contributed by atoms with Crippen molar-refractivity contribution in [3.63, 3.8) is 0 Å². The van der Waals surface area contributed by atoms with Gasteiger partial charge in [0, 0.05) is 17.9 Å². The van der Waals surface area contributed by atoms with Gasteiger partial charge in [-0.25, -0.2) is 0 Å². The van der Waals surface area contributed by atoms with Gasteiger partial charge in [0.05, 0.1) is 17.2 Å². The van der Waals surface area contributed by atoms with Crippen molar-refractivity contribution < 1.29 is 9.31 Å². The van der Waals surface area contributed by atoms with Crippen LogP contribution in [0.2, 0.25) is 0 Å². The Kier molecular flexibility index (Phi) is 3.25. The van der Waals surface area contributed by atoms with E-state index < -0.39 is 0 Å². The highest BCUT2D eigenvalue weighted by molar-refractivity contribution is 6.61. The highest BCUT2D eigenvalue weighted by atomic mass is 16.7. The van der Waals surface area contributed by atoms with Gasteiger partial charge >= 0.3 is 7.12 Å². The van der Waals surface area contributed by atoms with Crippen LogP contribution in [-0.2, 0) is 9.31 Å². The monoisotopic (exact) mass is 276 g/mol. The van der Waals surface area contributed by atoms with Crippen molar-refractivity contribution in [3.8, 4) is 0 Å². The van der Waals surface area contributed by atoms with Gasteiger partial charge in [-0.3, -0.25) is 4.68 Å². The van der Waals surface area contributed by atoms with E-state index in [-0.39, 0.29) is 18.3 Å². The van der Waals surface area contributed by atoms with E-state index in [1.54, 1.807) is 0 Å². The van der Waals surface area contributed by atoms with Gasteiger partial charge in [0.15, 0.2) is 0 Å². The van der Waals surface area contributed by atoms with Gasteiger partial charge in [-0.05, 0) is 52.9 Å². The SMILES string of the molecule is CCC(C1CC1)n1cc(B2OC(C)(C)C(C)(C)O2)cn1. The lowest BCUT2D eigenvalue weighted by molar-refractivity contribution is 0.00578. The quantitative estimate of drug-likeness (QED) is 0.793. The van der Waals surface area contributed by atoms with Gasteiger partial charge in [-0.15, -0.1) is 0 Å². The fourth-order valence-corrected chi connectivity index (χ4v) is 2.85. The lowest BCUT2D eigenvalue weighted by Gasteiger charge is -2.32. The summed E-state index contributed by atoms with van der Waals surface area (Å²) in [6, 6.07) is 0.533. The average Bonchev–Trinajstić information content (AvgIpc) is 3.00. The molecule has 0 amide bonds. The van der Waals surface area contributed by atoms with Gasteiger partial charge < -0.3 is 9.31 Å². The minimum Gasteiger partial charge on any atom is -0.399 e. The minimum absolute atomic E-state index is 0.291. The molecule has 20 heavy (non-hydrogen) atoms. The van der Waals surface area contributed by atoms with E-state index in [0.717, 1.165) is 17.8 Å². The zero-order valence-electron chi connectivity index (χ0n) is 13.2. The van der Waals surface area contributed by atoms with Crippen molar-refractivity contribution in [2.75, 3.05) is 0 Å². The van der Waals surface area contributed by atoms with Crippen molar-refractivity contribution in [2.45, 2.75) is 71.1 Å². The van der Waals surface area contributed by atoms with Crippen LogP contribution in [0.15, 0.2) is 12.4 Å². The molecule has 2 fully saturated rings. The first-order chi connectivity index (χ1) is 9.34. The Morgan fingerprint density at radius 2 is 1.90 bits per heavy atom. The van der Waals surface area contributed by atoms with Gasteiger partial charge in [0.2, 0.25) is 0 Å². The summed E-state index contributed by atoms with van der Waals surface area (Å²) in [5, 5.41) is 4.55. The number of rotatable bonds is 4. The molecule has 0 spiro atoms. The standard InChI is InChI=1S/C15H25BN2O2/c1-6-13(11-7-8-11)18-10-12(9-17-18)16-19-14(2,3)15(4,5)20-16/h9-11,13H,6-8H2,1-5H3. The smallest absolute Gasteiger partial charge is 0.399 e. The lowest BCUT2D eigenvalue weighted by atomic mass is 9.82. The first kappa shape index (κ1) is 14.1. The van der Waals surface area contributed by atoms with E-state index in [0.29, 0.717) is 6.04 Å². The third-order valence-corrected chi connectivity index (χ3v) is 5.07. The molecule has 0 N–H and O–H groups in total. The Balaban J connectivity index is 1.78. The molecule has 110 valence electrons. The molecule has 2 aliphatic rings. The number of nitrogens with zero attached hydrogens (tertiary/aromatic N) is 2. The maximum Gasteiger partial charge on any atom is 0.498 e. The molecule has 2 heterocycles. The zero-order chi connectivity index (χ0) is 14.5. The summed E-state index contributed by atoms with van der Waals surface area (Å²) in [4.78, 5) is 0. The van der Waals surface area contributed by atoms with Crippen LogP contribution < -0.4 is 5.46 Å². The van der Waals surface area contributed by atoms with Gasteiger partial charge in [-0.2, -0.15) is 5.10 Å². The van der Waals surface area contributed by atoms with Crippen LogP contribution in [0.25, 0.3) is 0 Å². The fourth-order valence-electron chi connectivity index (χ4n) is 2.85. The summed E-state index contributed by atoms with van der Waals surface area (Å²) in [5.41, 5.74) is 0.448. The van der Waals surface area contributed by atoms with Crippen LogP contribution in [0.3, 0.4) is 0 Å². The maximum atomic E-state index is 6.08. The van der Waals surface area contributed by atoms with Crippen LogP contribution in [0, 0.1) is 5.92 Å². The summed E-state index contributed by atoms with van der Waals surface area (Å²) in [5.74, 6) is 0.811. The highest BCUT2D eigenvalue weighted by Crippen LogP contribution is 2.41. The largest absolute Gasteiger partial charge is 0.498 e. The molecular weight excluding hydrogens is 251 g/mol. The predicted octanol–water partition coefficient (Wildman–Crippen LogP) is 2.54. The minimum atomic E-state index is -0.301. The van der Waals surface area contributed by atoms with Crippen LogP contribution in [0.1, 0.15) is 59.9 Å². The van der Waals surface area contributed by atoms with E-state index >= 15 is 0 Å². The molecule has 0 radical (unpaired) electrons. The van der Waals surface area contributed by atoms with E-state index in [9.17, 15) is 0 Å². The van der Waals surface area contributed by atoms with E-state index in [1.165, 1.54) is 12.8 Å². The predicted molar refractivity (Wildman–Crippen MR) is 80.0 cm³/mol. The first-order valence-corrected chi connectivity index (χ1v) is 7.74. The summed E-state index contributed by atoms with van der Waals surface area (Å²) in [7, 11) is -0.301. The number of hydrogen-bond donors (Lipinski definition) is 0. The Morgan fingerprint density at radius 3 is 2.40 bits per heavy atom.